The first-order chi connectivity index (χ1) is 16.7. The van der Waals surface area contributed by atoms with Gasteiger partial charge in [-0.15, -0.1) is 0 Å². The van der Waals surface area contributed by atoms with Crippen LogP contribution >= 0.6 is 0 Å². The van der Waals surface area contributed by atoms with Crippen LogP contribution in [-0.4, -0.2) is 70.9 Å². The van der Waals surface area contributed by atoms with Crippen molar-refractivity contribution in [2.75, 3.05) is 44.2 Å². The van der Waals surface area contributed by atoms with Gasteiger partial charge in [-0.3, -0.25) is 19.4 Å². The van der Waals surface area contributed by atoms with Crippen molar-refractivity contribution < 1.29 is 9.59 Å². The van der Waals surface area contributed by atoms with Gasteiger partial charge in [0.05, 0.1) is 11.8 Å². The SMILES string of the molecule is O=C1[C@@H]2[C@H]3C[C@@H]([C@@H]2C(=O)N1CCCCN1CCN(c2ncccn2)CC1)[C@H](c1ccccc1)C3. The van der Waals surface area contributed by atoms with Gasteiger partial charge < -0.3 is 4.90 Å². The summed E-state index contributed by atoms with van der Waals surface area (Å²) in [7, 11) is 0. The number of hydrogen-bond acceptors (Lipinski definition) is 6. The van der Waals surface area contributed by atoms with Crippen molar-refractivity contribution in [1.29, 1.82) is 0 Å². The quantitative estimate of drug-likeness (QED) is 0.469. The maximum absolute atomic E-state index is 13.3. The second kappa shape index (κ2) is 9.10. The Bertz CT molecular complexity index is 1020. The summed E-state index contributed by atoms with van der Waals surface area (Å²) in [5, 5.41) is 0. The number of carbonyl (C=O) groups is 2. The summed E-state index contributed by atoms with van der Waals surface area (Å²) in [6.45, 7) is 5.44. The van der Waals surface area contributed by atoms with Crippen LogP contribution in [0.15, 0.2) is 48.8 Å². The Kier molecular flexibility index (Phi) is 5.81. The number of hydrogen-bond donors (Lipinski definition) is 0. The van der Waals surface area contributed by atoms with E-state index in [4.69, 9.17) is 0 Å². The molecular weight excluding hydrogens is 426 g/mol. The molecule has 5 atom stereocenters. The van der Waals surface area contributed by atoms with Crippen LogP contribution < -0.4 is 4.90 Å². The van der Waals surface area contributed by atoms with Gasteiger partial charge in [0.25, 0.3) is 0 Å². The Hall–Kier alpha value is -2.80. The number of amides is 2. The fraction of sp³-hybridized carbons (Fsp3) is 0.556. The summed E-state index contributed by atoms with van der Waals surface area (Å²) in [6.07, 6.45) is 7.57. The number of likely N-dealkylation sites (tertiary alicyclic amines) is 1. The van der Waals surface area contributed by atoms with Crippen LogP contribution in [-0.2, 0) is 9.59 Å². The highest BCUT2D eigenvalue weighted by Gasteiger charge is 2.63. The highest BCUT2D eigenvalue weighted by atomic mass is 16.2. The second-order valence-corrected chi connectivity index (χ2v) is 10.4. The molecule has 4 fully saturated rings. The summed E-state index contributed by atoms with van der Waals surface area (Å²) in [5.74, 6) is 2.06. The summed E-state index contributed by atoms with van der Waals surface area (Å²) in [5.41, 5.74) is 1.34. The summed E-state index contributed by atoms with van der Waals surface area (Å²) < 4.78 is 0. The first-order valence-electron chi connectivity index (χ1n) is 12.8. The van der Waals surface area contributed by atoms with Gasteiger partial charge in [0.15, 0.2) is 0 Å². The van der Waals surface area contributed by atoms with Gasteiger partial charge in [-0.1, -0.05) is 30.3 Å². The lowest BCUT2D eigenvalue weighted by Gasteiger charge is -2.34. The maximum atomic E-state index is 13.3. The molecule has 0 radical (unpaired) electrons. The third kappa shape index (κ3) is 3.80. The first-order valence-corrected chi connectivity index (χ1v) is 12.8. The van der Waals surface area contributed by atoms with Crippen molar-refractivity contribution in [1.82, 2.24) is 19.8 Å². The fourth-order valence-corrected chi connectivity index (χ4v) is 7.06. The zero-order chi connectivity index (χ0) is 23.1. The van der Waals surface area contributed by atoms with Crippen molar-refractivity contribution in [3.63, 3.8) is 0 Å². The lowest BCUT2D eigenvalue weighted by Crippen LogP contribution is -2.47. The van der Waals surface area contributed by atoms with Crippen LogP contribution in [0.25, 0.3) is 0 Å². The second-order valence-electron chi connectivity index (χ2n) is 10.4. The van der Waals surface area contributed by atoms with Crippen LogP contribution in [0.2, 0.25) is 0 Å². The fourth-order valence-electron chi connectivity index (χ4n) is 7.06. The molecule has 34 heavy (non-hydrogen) atoms. The van der Waals surface area contributed by atoms with E-state index >= 15 is 0 Å². The molecule has 178 valence electrons. The molecule has 2 saturated carbocycles. The maximum Gasteiger partial charge on any atom is 0.233 e. The van der Waals surface area contributed by atoms with Crippen molar-refractivity contribution >= 4 is 17.8 Å². The van der Waals surface area contributed by atoms with E-state index in [2.05, 4.69) is 44.0 Å². The molecule has 2 amide bonds. The van der Waals surface area contributed by atoms with Crippen LogP contribution in [0.5, 0.6) is 0 Å². The Balaban J connectivity index is 0.986. The van der Waals surface area contributed by atoms with Crippen molar-refractivity contribution in [3.8, 4) is 0 Å². The summed E-state index contributed by atoms with van der Waals surface area (Å²) >= 11 is 0. The number of fused-ring (bicyclic) bond motifs is 5. The van der Waals surface area contributed by atoms with Gasteiger partial charge >= 0.3 is 0 Å². The average Bonchev–Trinajstić information content (AvgIpc) is 3.55. The summed E-state index contributed by atoms with van der Waals surface area (Å²) in [4.78, 5) is 41.5. The minimum absolute atomic E-state index is 0.0502. The van der Waals surface area contributed by atoms with Gasteiger partial charge in [-0.05, 0) is 61.6 Å². The number of carbonyl (C=O) groups excluding carboxylic acids is 2. The Labute approximate surface area is 201 Å². The zero-order valence-corrected chi connectivity index (χ0v) is 19.6. The van der Waals surface area contributed by atoms with E-state index in [1.165, 1.54) is 5.56 Å². The van der Waals surface area contributed by atoms with Crippen molar-refractivity contribution in [2.45, 2.75) is 31.6 Å². The minimum Gasteiger partial charge on any atom is -0.338 e. The molecule has 0 spiro atoms. The molecule has 6 rings (SSSR count). The molecule has 1 aromatic heterocycles. The van der Waals surface area contributed by atoms with Crippen molar-refractivity contribution in [3.05, 3.63) is 54.4 Å². The first kappa shape index (κ1) is 21.7. The molecule has 7 nitrogen and oxygen atoms in total. The molecule has 0 unspecified atom stereocenters. The minimum atomic E-state index is -0.0789. The molecule has 4 aliphatic rings. The number of imide groups is 1. The van der Waals surface area contributed by atoms with Gasteiger partial charge in [-0.2, -0.15) is 0 Å². The zero-order valence-electron chi connectivity index (χ0n) is 19.6. The third-order valence-corrected chi connectivity index (χ3v) is 8.65. The molecule has 2 aliphatic carbocycles. The van der Waals surface area contributed by atoms with Gasteiger partial charge in [-0.25, -0.2) is 9.97 Å². The average molecular weight is 460 g/mol. The normalized spacial score (nSPS) is 30.9. The van der Waals surface area contributed by atoms with Gasteiger partial charge in [0.2, 0.25) is 17.8 Å². The Morgan fingerprint density at radius 1 is 0.794 bits per heavy atom. The number of aromatic nitrogens is 2. The molecule has 7 heteroatoms. The lowest BCUT2D eigenvalue weighted by atomic mass is 9.73. The predicted octanol–water partition coefficient (Wildman–Crippen LogP) is 2.80. The molecule has 2 bridgehead atoms. The van der Waals surface area contributed by atoms with Crippen LogP contribution in [0.3, 0.4) is 0 Å². The molecule has 1 aromatic carbocycles. The number of piperazine rings is 1. The van der Waals surface area contributed by atoms with E-state index in [1.54, 1.807) is 17.3 Å². The molecular formula is C27H33N5O2. The molecule has 2 aliphatic heterocycles. The topological polar surface area (TPSA) is 69.6 Å². The monoisotopic (exact) mass is 459 g/mol. The molecule has 0 N–H and O–H groups in total. The molecule has 2 saturated heterocycles. The molecule has 2 aromatic rings. The van der Waals surface area contributed by atoms with E-state index in [9.17, 15) is 9.59 Å². The standard InChI is InChI=1S/C27H33N5O2/c33-25-23-20-17-21(19-7-2-1-3-8-19)22(18-20)24(23)26(34)32(25)12-5-4-11-30-13-15-31(16-14-30)27-28-9-6-10-29-27/h1-3,6-10,20-24H,4-5,11-18H2/t20-,21+,22-,23-,24+/m1/s1. The number of unbranched alkanes of at least 4 members (excludes halogenated alkanes) is 1. The number of nitrogens with zero attached hydrogens (tertiary/aromatic N) is 5. The summed E-state index contributed by atoms with van der Waals surface area (Å²) in [6, 6.07) is 12.4. The smallest absolute Gasteiger partial charge is 0.233 e. The van der Waals surface area contributed by atoms with E-state index in [0.29, 0.717) is 24.3 Å². The largest absolute Gasteiger partial charge is 0.338 e. The van der Waals surface area contributed by atoms with E-state index < -0.39 is 0 Å². The van der Waals surface area contributed by atoms with Crippen molar-refractivity contribution in [2.24, 2.45) is 23.7 Å². The Morgan fingerprint density at radius 3 is 2.26 bits per heavy atom. The Morgan fingerprint density at radius 2 is 1.50 bits per heavy atom. The van der Waals surface area contributed by atoms with E-state index in [0.717, 1.165) is 64.4 Å². The highest BCUT2D eigenvalue weighted by molar-refractivity contribution is 6.06. The number of benzene rings is 1. The lowest BCUT2D eigenvalue weighted by molar-refractivity contribution is -0.140. The van der Waals surface area contributed by atoms with Gasteiger partial charge in [0, 0.05) is 45.1 Å². The number of rotatable bonds is 7. The highest BCUT2D eigenvalue weighted by Crippen LogP contribution is 2.61. The van der Waals surface area contributed by atoms with E-state index in [1.807, 2.05) is 12.1 Å². The van der Waals surface area contributed by atoms with Crippen LogP contribution in [0.4, 0.5) is 5.95 Å². The van der Waals surface area contributed by atoms with Crippen LogP contribution in [0, 0.1) is 23.7 Å². The van der Waals surface area contributed by atoms with Crippen LogP contribution in [0.1, 0.15) is 37.2 Å². The number of anilines is 1. The molecule has 3 heterocycles. The third-order valence-electron chi connectivity index (χ3n) is 8.65. The van der Waals surface area contributed by atoms with E-state index in [-0.39, 0.29) is 23.7 Å². The predicted molar refractivity (Wildman–Crippen MR) is 129 cm³/mol. The van der Waals surface area contributed by atoms with Gasteiger partial charge in [0.1, 0.15) is 0 Å².